The van der Waals surface area contributed by atoms with Gasteiger partial charge in [-0.2, -0.15) is 4.31 Å². The minimum Gasteiger partial charge on any atom is -0.299 e. The number of sulfone groups is 1. The van der Waals surface area contributed by atoms with Gasteiger partial charge < -0.3 is 0 Å². The Kier molecular flexibility index (Phi) is 5.01. The van der Waals surface area contributed by atoms with Crippen LogP contribution in [0.5, 0.6) is 0 Å². The van der Waals surface area contributed by atoms with Gasteiger partial charge in [0.2, 0.25) is 10.0 Å². The van der Waals surface area contributed by atoms with Crippen molar-refractivity contribution in [3.05, 3.63) is 35.9 Å². The summed E-state index contributed by atoms with van der Waals surface area (Å²) in [5.41, 5.74) is 1.19. The SMILES string of the molecule is CS(=O)(=O)N1CCS(=O)(=O)[C@@H]2CCN(Cc3ccccc3)CC[C@@H]21. The van der Waals surface area contributed by atoms with Gasteiger partial charge in [-0.05, 0) is 24.9 Å². The summed E-state index contributed by atoms with van der Waals surface area (Å²) >= 11 is 0. The molecule has 0 unspecified atom stereocenters. The molecule has 6 nitrogen and oxygen atoms in total. The highest BCUT2D eigenvalue weighted by Gasteiger charge is 2.45. The van der Waals surface area contributed by atoms with Gasteiger partial charge in [0, 0.05) is 25.7 Å². The Morgan fingerprint density at radius 1 is 1.08 bits per heavy atom. The van der Waals surface area contributed by atoms with Crippen molar-refractivity contribution in [3.8, 4) is 0 Å². The smallest absolute Gasteiger partial charge is 0.211 e. The minimum atomic E-state index is -3.39. The molecule has 1 aromatic carbocycles. The third kappa shape index (κ3) is 3.82. The van der Waals surface area contributed by atoms with E-state index in [0.29, 0.717) is 25.9 Å². The van der Waals surface area contributed by atoms with Crippen LogP contribution < -0.4 is 0 Å². The third-order valence-corrected chi connectivity index (χ3v) is 8.53. The van der Waals surface area contributed by atoms with Crippen LogP contribution in [-0.4, -0.2) is 69.0 Å². The van der Waals surface area contributed by atoms with Gasteiger partial charge in [0.15, 0.2) is 9.84 Å². The van der Waals surface area contributed by atoms with Crippen molar-refractivity contribution < 1.29 is 16.8 Å². The lowest BCUT2D eigenvalue weighted by molar-refractivity contribution is 0.259. The number of hydrogen-bond acceptors (Lipinski definition) is 5. The number of fused-ring (bicyclic) bond motifs is 1. The summed E-state index contributed by atoms with van der Waals surface area (Å²) in [4.78, 5) is 2.23. The van der Waals surface area contributed by atoms with E-state index in [1.165, 1.54) is 16.1 Å². The van der Waals surface area contributed by atoms with E-state index in [9.17, 15) is 16.8 Å². The fourth-order valence-electron chi connectivity index (χ4n) is 3.81. The lowest BCUT2D eigenvalue weighted by Crippen LogP contribution is -2.56. The molecule has 2 heterocycles. The molecule has 0 amide bonds. The standard InChI is InChI=1S/C16H24N2O4S2/c1-23(19,20)18-11-12-24(21,22)16-8-10-17(9-7-15(16)18)13-14-5-3-2-4-6-14/h2-6,15-16H,7-13H2,1H3/t15-,16+/m0/s1. The largest absolute Gasteiger partial charge is 0.299 e. The van der Waals surface area contributed by atoms with E-state index in [2.05, 4.69) is 17.0 Å². The summed E-state index contributed by atoms with van der Waals surface area (Å²) in [5.74, 6) is -0.0695. The highest BCUT2D eigenvalue weighted by molar-refractivity contribution is 7.92. The van der Waals surface area contributed by atoms with Gasteiger partial charge in [0.25, 0.3) is 0 Å². The second-order valence-corrected chi connectivity index (χ2v) is 11.0. The van der Waals surface area contributed by atoms with Gasteiger partial charge in [0.1, 0.15) is 0 Å². The van der Waals surface area contributed by atoms with E-state index in [1.807, 2.05) is 18.2 Å². The quantitative estimate of drug-likeness (QED) is 0.781. The first-order valence-corrected chi connectivity index (χ1v) is 11.8. The molecule has 0 saturated carbocycles. The van der Waals surface area contributed by atoms with Crippen LogP contribution in [0.3, 0.4) is 0 Å². The third-order valence-electron chi connectivity index (χ3n) is 5.00. The molecular formula is C16H24N2O4S2. The molecule has 0 spiro atoms. The molecule has 0 bridgehead atoms. The molecule has 2 aliphatic rings. The highest BCUT2D eigenvalue weighted by Crippen LogP contribution is 2.30. The van der Waals surface area contributed by atoms with Gasteiger partial charge in [0.05, 0.1) is 17.3 Å². The normalized spacial score (nSPS) is 28.9. The van der Waals surface area contributed by atoms with Crippen LogP contribution in [0, 0.1) is 0 Å². The number of sulfonamides is 1. The van der Waals surface area contributed by atoms with E-state index >= 15 is 0 Å². The van der Waals surface area contributed by atoms with Crippen molar-refractivity contribution in [1.82, 2.24) is 9.21 Å². The topological polar surface area (TPSA) is 74.8 Å². The van der Waals surface area contributed by atoms with Crippen LogP contribution in [-0.2, 0) is 26.4 Å². The number of likely N-dealkylation sites (tertiary alicyclic amines) is 1. The number of nitrogens with zero attached hydrogens (tertiary/aromatic N) is 2. The molecule has 2 saturated heterocycles. The molecule has 0 aromatic heterocycles. The molecule has 3 rings (SSSR count). The molecule has 0 radical (unpaired) electrons. The second kappa shape index (κ2) is 6.74. The maximum atomic E-state index is 12.5. The summed E-state index contributed by atoms with van der Waals surface area (Å²) < 4.78 is 50.4. The molecule has 0 N–H and O–H groups in total. The van der Waals surface area contributed by atoms with Gasteiger partial charge in [-0.1, -0.05) is 30.3 Å². The Bertz CT molecular complexity index is 778. The van der Waals surface area contributed by atoms with Crippen LogP contribution in [0.25, 0.3) is 0 Å². The van der Waals surface area contributed by atoms with Gasteiger partial charge in [-0.15, -0.1) is 0 Å². The molecule has 8 heteroatoms. The van der Waals surface area contributed by atoms with Gasteiger partial charge >= 0.3 is 0 Å². The van der Waals surface area contributed by atoms with E-state index in [-0.39, 0.29) is 12.3 Å². The van der Waals surface area contributed by atoms with Crippen molar-refractivity contribution in [3.63, 3.8) is 0 Å². The molecule has 0 aliphatic carbocycles. The Hall–Kier alpha value is -0.960. The number of hydrogen-bond donors (Lipinski definition) is 0. The van der Waals surface area contributed by atoms with E-state index < -0.39 is 31.2 Å². The van der Waals surface area contributed by atoms with Crippen molar-refractivity contribution in [2.45, 2.75) is 30.7 Å². The van der Waals surface area contributed by atoms with Crippen LogP contribution >= 0.6 is 0 Å². The van der Waals surface area contributed by atoms with E-state index in [0.717, 1.165) is 6.54 Å². The Labute approximate surface area is 144 Å². The maximum Gasteiger partial charge on any atom is 0.211 e. The average Bonchev–Trinajstić information content (AvgIpc) is 2.71. The predicted molar refractivity (Wildman–Crippen MR) is 93.9 cm³/mol. The Morgan fingerprint density at radius 3 is 2.42 bits per heavy atom. The zero-order valence-corrected chi connectivity index (χ0v) is 15.5. The maximum absolute atomic E-state index is 12.5. The molecule has 134 valence electrons. The van der Waals surface area contributed by atoms with Crippen LogP contribution in [0.1, 0.15) is 18.4 Å². The van der Waals surface area contributed by atoms with Crippen molar-refractivity contribution >= 4 is 19.9 Å². The van der Waals surface area contributed by atoms with Crippen molar-refractivity contribution in [2.75, 3.05) is 31.6 Å². The Morgan fingerprint density at radius 2 is 1.75 bits per heavy atom. The van der Waals surface area contributed by atoms with Crippen LogP contribution in [0.15, 0.2) is 30.3 Å². The summed E-state index contributed by atoms with van der Waals surface area (Å²) in [6.45, 7) is 2.23. The molecular weight excluding hydrogens is 348 g/mol. The fraction of sp³-hybridized carbons (Fsp3) is 0.625. The average molecular weight is 373 g/mol. The van der Waals surface area contributed by atoms with Crippen LogP contribution in [0.2, 0.25) is 0 Å². The van der Waals surface area contributed by atoms with E-state index in [4.69, 9.17) is 0 Å². The Balaban J connectivity index is 1.80. The molecule has 24 heavy (non-hydrogen) atoms. The zero-order chi connectivity index (χ0) is 17.4. The first kappa shape index (κ1) is 17.8. The van der Waals surface area contributed by atoms with E-state index in [1.54, 1.807) is 0 Å². The summed E-state index contributed by atoms with van der Waals surface area (Å²) in [5, 5.41) is -0.582. The predicted octanol–water partition coefficient (Wildman–Crippen LogP) is 0.710. The van der Waals surface area contributed by atoms with Gasteiger partial charge in [-0.25, -0.2) is 16.8 Å². The zero-order valence-electron chi connectivity index (χ0n) is 13.8. The minimum absolute atomic E-state index is 0.0695. The lowest BCUT2D eigenvalue weighted by Gasteiger charge is -2.38. The van der Waals surface area contributed by atoms with Gasteiger partial charge in [-0.3, -0.25) is 4.90 Å². The molecule has 1 aromatic rings. The molecule has 2 aliphatic heterocycles. The number of rotatable bonds is 3. The first-order valence-electron chi connectivity index (χ1n) is 8.22. The van der Waals surface area contributed by atoms with Crippen molar-refractivity contribution in [1.29, 1.82) is 0 Å². The molecule has 2 atom stereocenters. The van der Waals surface area contributed by atoms with Crippen LogP contribution in [0.4, 0.5) is 0 Å². The monoisotopic (exact) mass is 372 g/mol. The van der Waals surface area contributed by atoms with Crippen molar-refractivity contribution in [2.24, 2.45) is 0 Å². The summed E-state index contributed by atoms with van der Waals surface area (Å²) in [6.07, 6.45) is 2.23. The molecule has 2 fully saturated rings. The number of benzene rings is 1. The second-order valence-electron chi connectivity index (χ2n) is 6.69. The first-order chi connectivity index (χ1) is 11.3. The summed E-state index contributed by atoms with van der Waals surface area (Å²) in [7, 11) is -6.62. The summed E-state index contributed by atoms with van der Waals surface area (Å²) in [6, 6.07) is 9.62. The highest BCUT2D eigenvalue weighted by atomic mass is 32.2. The fourth-order valence-corrected chi connectivity index (χ4v) is 7.15. The lowest BCUT2D eigenvalue weighted by atomic mass is 10.1.